The van der Waals surface area contributed by atoms with E-state index >= 15 is 0 Å². The highest BCUT2D eigenvalue weighted by Gasteiger charge is 2.28. The van der Waals surface area contributed by atoms with E-state index in [0.717, 1.165) is 5.56 Å². The molecule has 2 heteroatoms. The van der Waals surface area contributed by atoms with Crippen molar-refractivity contribution in [2.24, 2.45) is 0 Å². The molecule has 0 fully saturated rings. The van der Waals surface area contributed by atoms with Gasteiger partial charge in [-0.2, -0.15) is 0 Å². The van der Waals surface area contributed by atoms with E-state index in [1.54, 1.807) is 0 Å². The van der Waals surface area contributed by atoms with Crippen LogP contribution in [0.5, 0.6) is 0 Å². The van der Waals surface area contributed by atoms with Crippen LogP contribution >= 0.6 is 0 Å². The standard InChI is InChI=1S/C15H22O2/c1-6-17-15(4,5)14(16)10-13-11(2)8-7-9-12(13)3/h7-9H,6,10H2,1-5H3. The summed E-state index contributed by atoms with van der Waals surface area (Å²) in [6.45, 7) is 10.2. The van der Waals surface area contributed by atoms with Crippen LogP contribution in [0, 0.1) is 13.8 Å². The van der Waals surface area contributed by atoms with Crippen molar-refractivity contribution in [2.75, 3.05) is 6.61 Å². The molecule has 0 spiro atoms. The third-order valence-electron chi connectivity index (χ3n) is 3.16. The molecule has 0 aliphatic carbocycles. The first-order chi connectivity index (χ1) is 7.88. The van der Waals surface area contributed by atoms with Gasteiger partial charge in [0.05, 0.1) is 0 Å². The van der Waals surface area contributed by atoms with Gasteiger partial charge in [0.2, 0.25) is 0 Å². The molecule has 0 aliphatic rings. The molecule has 0 aliphatic heterocycles. The van der Waals surface area contributed by atoms with Gasteiger partial charge in [-0.25, -0.2) is 0 Å². The third kappa shape index (κ3) is 3.40. The number of hydrogen-bond acceptors (Lipinski definition) is 2. The molecule has 0 unspecified atom stereocenters. The topological polar surface area (TPSA) is 26.3 Å². The van der Waals surface area contributed by atoms with Crippen LogP contribution in [0.1, 0.15) is 37.5 Å². The first kappa shape index (κ1) is 13.9. The summed E-state index contributed by atoms with van der Waals surface area (Å²) in [4.78, 5) is 12.2. The van der Waals surface area contributed by atoms with Crippen molar-refractivity contribution in [3.8, 4) is 0 Å². The molecule has 0 N–H and O–H groups in total. The lowest BCUT2D eigenvalue weighted by atomic mass is 9.92. The van der Waals surface area contributed by atoms with Gasteiger partial charge in [-0.3, -0.25) is 4.79 Å². The maximum absolute atomic E-state index is 12.2. The summed E-state index contributed by atoms with van der Waals surface area (Å²) in [5.41, 5.74) is 2.78. The first-order valence-corrected chi connectivity index (χ1v) is 6.11. The Kier molecular flexibility index (Phi) is 4.47. The Morgan fingerprint density at radius 2 is 1.76 bits per heavy atom. The molecule has 0 saturated carbocycles. The second kappa shape index (κ2) is 5.46. The number of Topliss-reactive ketones (excluding diaryl/α,β-unsaturated/α-hetero) is 1. The summed E-state index contributed by atoms with van der Waals surface area (Å²) in [6, 6.07) is 6.11. The first-order valence-electron chi connectivity index (χ1n) is 6.11. The average molecular weight is 234 g/mol. The van der Waals surface area contributed by atoms with E-state index in [-0.39, 0.29) is 5.78 Å². The fourth-order valence-electron chi connectivity index (χ4n) is 1.94. The Hall–Kier alpha value is -1.15. The highest BCUT2D eigenvalue weighted by Crippen LogP contribution is 2.19. The van der Waals surface area contributed by atoms with E-state index in [1.807, 2.05) is 52.8 Å². The molecule has 1 aromatic carbocycles. The molecule has 0 aromatic heterocycles. The molecular formula is C15H22O2. The SMILES string of the molecule is CCOC(C)(C)C(=O)Cc1c(C)cccc1C. The number of aryl methyl sites for hydroxylation is 2. The molecule has 0 bridgehead atoms. The third-order valence-corrected chi connectivity index (χ3v) is 3.16. The molecule has 0 heterocycles. The van der Waals surface area contributed by atoms with E-state index in [2.05, 4.69) is 0 Å². The summed E-state index contributed by atoms with van der Waals surface area (Å²) >= 11 is 0. The number of hydrogen-bond donors (Lipinski definition) is 0. The van der Waals surface area contributed by atoms with E-state index < -0.39 is 5.60 Å². The summed E-state index contributed by atoms with van der Waals surface area (Å²) in [5, 5.41) is 0. The van der Waals surface area contributed by atoms with Crippen molar-refractivity contribution in [3.05, 3.63) is 34.9 Å². The fourth-order valence-corrected chi connectivity index (χ4v) is 1.94. The quantitative estimate of drug-likeness (QED) is 0.782. The number of rotatable bonds is 5. The maximum atomic E-state index is 12.2. The van der Waals surface area contributed by atoms with Crippen LogP contribution in [0.4, 0.5) is 0 Å². The van der Waals surface area contributed by atoms with Gasteiger partial charge in [0.25, 0.3) is 0 Å². The van der Waals surface area contributed by atoms with Gasteiger partial charge in [-0.15, -0.1) is 0 Å². The molecule has 2 nitrogen and oxygen atoms in total. The highest BCUT2D eigenvalue weighted by molar-refractivity contribution is 5.88. The van der Waals surface area contributed by atoms with Gasteiger partial charge in [0.15, 0.2) is 5.78 Å². The van der Waals surface area contributed by atoms with E-state index in [1.165, 1.54) is 11.1 Å². The normalized spacial score (nSPS) is 11.6. The number of ether oxygens (including phenoxy) is 1. The molecule has 0 atom stereocenters. The molecule has 1 aromatic rings. The Balaban J connectivity index is 2.88. The smallest absolute Gasteiger partial charge is 0.168 e. The number of benzene rings is 1. The van der Waals surface area contributed by atoms with Gasteiger partial charge in [-0.05, 0) is 51.3 Å². The molecule has 0 radical (unpaired) electrons. The average Bonchev–Trinajstić information content (AvgIpc) is 2.23. The summed E-state index contributed by atoms with van der Waals surface area (Å²) in [5.74, 6) is 0.136. The van der Waals surface area contributed by atoms with E-state index in [9.17, 15) is 4.79 Å². The van der Waals surface area contributed by atoms with Crippen LogP contribution in [0.15, 0.2) is 18.2 Å². The lowest BCUT2D eigenvalue weighted by Gasteiger charge is -2.23. The van der Waals surface area contributed by atoms with Crippen molar-refractivity contribution in [3.63, 3.8) is 0 Å². The Morgan fingerprint density at radius 3 is 2.24 bits per heavy atom. The Morgan fingerprint density at radius 1 is 1.24 bits per heavy atom. The van der Waals surface area contributed by atoms with E-state index in [4.69, 9.17) is 4.74 Å². The minimum absolute atomic E-state index is 0.136. The van der Waals surface area contributed by atoms with Crippen molar-refractivity contribution < 1.29 is 9.53 Å². The summed E-state index contributed by atoms with van der Waals surface area (Å²) in [6.07, 6.45) is 0.450. The van der Waals surface area contributed by atoms with Crippen molar-refractivity contribution >= 4 is 5.78 Å². The zero-order valence-corrected chi connectivity index (χ0v) is 11.5. The fraction of sp³-hybridized carbons (Fsp3) is 0.533. The van der Waals surface area contributed by atoms with Gasteiger partial charge in [0.1, 0.15) is 5.60 Å². The van der Waals surface area contributed by atoms with Crippen LogP contribution in [0.2, 0.25) is 0 Å². The van der Waals surface area contributed by atoms with Gasteiger partial charge < -0.3 is 4.74 Å². The molecule has 0 saturated heterocycles. The minimum atomic E-state index is -0.691. The molecular weight excluding hydrogens is 212 g/mol. The summed E-state index contributed by atoms with van der Waals surface area (Å²) in [7, 11) is 0. The van der Waals surface area contributed by atoms with Crippen molar-refractivity contribution in [1.29, 1.82) is 0 Å². The summed E-state index contributed by atoms with van der Waals surface area (Å²) < 4.78 is 5.49. The predicted octanol–water partition coefficient (Wildman–Crippen LogP) is 3.23. The van der Waals surface area contributed by atoms with Crippen LogP contribution in [0.3, 0.4) is 0 Å². The van der Waals surface area contributed by atoms with Crippen LogP contribution < -0.4 is 0 Å². The number of ketones is 1. The predicted molar refractivity (Wildman–Crippen MR) is 70.3 cm³/mol. The molecule has 0 amide bonds. The molecule has 1 rings (SSSR count). The van der Waals surface area contributed by atoms with E-state index in [0.29, 0.717) is 13.0 Å². The minimum Gasteiger partial charge on any atom is -0.368 e. The Bertz CT molecular complexity index is 385. The zero-order valence-electron chi connectivity index (χ0n) is 11.5. The van der Waals surface area contributed by atoms with Crippen molar-refractivity contribution in [1.82, 2.24) is 0 Å². The number of carbonyl (C=O) groups is 1. The monoisotopic (exact) mass is 234 g/mol. The largest absolute Gasteiger partial charge is 0.368 e. The van der Waals surface area contributed by atoms with Crippen LogP contribution in [-0.4, -0.2) is 18.0 Å². The maximum Gasteiger partial charge on any atom is 0.168 e. The zero-order chi connectivity index (χ0) is 13.1. The van der Waals surface area contributed by atoms with Gasteiger partial charge in [-0.1, -0.05) is 18.2 Å². The number of carbonyl (C=O) groups excluding carboxylic acids is 1. The second-order valence-electron chi connectivity index (χ2n) is 4.91. The van der Waals surface area contributed by atoms with Crippen LogP contribution in [0.25, 0.3) is 0 Å². The molecule has 94 valence electrons. The Labute approximate surface area is 104 Å². The van der Waals surface area contributed by atoms with Crippen LogP contribution in [-0.2, 0) is 16.0 Å². The highest BCUT2D eigenvalue weighted by atomic mass is 16.5. The molecule has 17 heavy (non-hydrogen) atoms. The second-order valence-corrected chi connectivity index (χ2v) is 4.91. The lowest BCUT2D eigenvalue weighted by molar-refractivity contribution is -0.139. The van der Waals surface area contributed by atoms with Gasteiger partial charge in [0, 0.05) is 13.0 Å². The van der Waals surface area contributed by atoms with Crippen molar-refractivity contribution in [2.45, 2.75) is 46.6 Å². The lowest BCUT2D eigenvalue weighted by Crippen LogP contribution is -2.36. The van der Waals surface area contributed by atoms with Gasteiger partial charge >= 0.3 is 0 Å².